The number of hydrogen-bond acceptors (Lipinski definition) is 6. The van der Waals surface area contributed by atoms with E-state index in [-0.39, 0.29) is 5.82 Å². The third kappa shape index (κ3) is 6.62. The number of nitrogens with one attached hydrogen (secondary N) is 3. The van der Waals surface area contributed by atoms with Crippen molar-refractivity contribution in [3.05, 3.63) is 60.0 Å². The Balaban J connectivity index is 1.89. The van der Waals surface area contributed by atoms with Crippen molar-refractivity contribution in [3.8, 4) is 6.07 Å². The van der Waals surface area contributed by atoms with Gasteiger partial charge in [-0.1, -0.05) is 18.2 Å². The second-order valence-corrected chi connectivity index (χ2v) is 9.29. The molecular weight excluding hydrogens is 466 g/mol. The van der Waals surface area contributed by atoms with Crippen molar-refractivity contribution < 1.29 is 30.8 Å². The molecule has 0 aliphatic heterocycles. The number of sulfonamides is 1. The molecule has 0 radical (unpaired) electrons. The van der Waals surface area contributed by atoms with Crippen molar-refractivity contribution in [1.29, 1.82) is 5.26 Å². The number of rotatable bonds is 9. The van der Waals surface area contributed by atoms with E-state index >= 15 is 0 Å². The van der Waals surface area contributed by atoms with Crippen LogP contribution in [0, 0.1) is 17.1 Å². The molecule has 3 rings (SSSR count). The molecule has 33 heavy (non-hydrogen) atoms. The molecule has 0 saturated heterocycles. The van der Waals surface area contributed by atoms with Crippen molar-refractivity contribution in [2.75, 3.05) is 10.5 Å². The Hall–Kier alpha value is -3.24. The molecule has 3 N–H and O–H groups in total. The molecule has 1 aromatic heterocycles. The molecule has 1 aliphatic rings. The number of alkyl halides is 3. The van der Waals surface area contributed by atoms with Gasteiger partial charge in [0.1, 0.15) is 29.3 Å². The van der Waals surface area contributed by atoms with E-state index in [2.05, 4.69) is 15.0 Å². The quantitative estimate of drug-likeness (QED) is 0.469. The Morgan fingerprint density at radius 2 is 1.85 bits per heavy atom. The Morgan fingerprint density at radius 1 is 1.18 bits per heavy atom. The summed E-state index contributed by atoms with van der Waals surface area (Å²) >= 11 is 0. The van der Waals surface area contributed by atoms with Crippen LogP contribution in [-0.2, 0) is 14.8 Å². The van der Waals surface area contributed by atoms with Gasteiger partial charge in [-0.05, 0) is 42.7 Å². The molecule has 0 bridgehead atoms. The predicted octanol–water partition coefficient (Wildman–Crippen LogP) is 2.40. The molecule has 1 amide bonds. The van der Waals surface area contributed by atoms with Gasteiger partial charge in [-0.25, -0.2) is 17.8 Å². The number of benzene rings is 1. The van der Waals surface area contributed by atoms with Gasteiger partial charge < -0.3 is 5.32 Å². The Kier molecular flexibility index (Phi) is 6.89. The molecular formula is C20H19F4N5O3S. The SMILES string of the molecule is N#CC1(NC(=O)[C@H](CS(=O)(=O)Nc2ccccn2)N[C@@H](c2ccc(F)cc2)C(F)(F)F)CC1. The third-order valence-electron chi connectivity index (χ3n) is 4.85. The molecule has 13 heteroatoms. The molecule has 0 unspecified atom stereocenters. The highest BCUT2D eigenvalue weighted by atomic mass is 32.2. The number of anilines is 1. The van der Waals surface area contributed by atoms with E-state index in [9.17, 15) is 36.0 Å². The van der Waals surface area contributed by atoms with Gasteiger partial charge in [0.05, 0.1) is 11.8 Å². The first-order valence-corrected chi connectivity index (χ1v) is 11.3. The number of carbonyl (C=O) groups excluding carboxylic acids is 1. The lowest BCUT2D eigenvalue weighted by atomic mass is 10.0. The zero-order valence-electron chi connectivity index (χ0n) is 16.9. The van der Waals surface area contributed by atoms with Gasteiger partial charge in [0.25, 0.3) is 0 Å². The van der Waals surface area contributed by atoms with E-state index in [1.807, 2.05) is 11.4 Å². The predicted molar refractivity (Wildman–Crippen MR) is 109 cm³/mol. The van der Waals surface area contributed by atoms with Gasteiger partial charge in [-0.2, -0.15) is 18.4 Å². The number of nitriles is 1. The molecule has 2 aromatic rings. The third-order valence-corrected chi connectivity index (χ3v) is 6.14. The highest BCUT2D eigenvalue weighted by Crippen LogP contribution is 2.35. The Morgan fingerprint density at radius 3 is 2.36 bits per heavy atom. The van der Waals surface area contributed by atoms with Crippen LogP contribution < -0.4 is 15.4 Å². The van der Waals surface area contributed by atoms with Crippen LogP contribution in [0.25, 0.3) is 0 Å². The summed E-state index contributed by atoms with van der Waals surface area (Å²) in [5.74, 6) is -3.01. The fourth-order valence-corrected chi connectivity index (χ4v) is 4.20. The number of halogens is 4. The lowest BCUT2D eigenvalue weighted by Gasteiger charge is -2.28. The minimum Gasteiger partial charge on any atom is -0.336 e. The van der Waals surface area contributed by atoms with Crippen LogP contribution in [0.5, 0.6) is 0 Å². The van der Waals surface area contributed by atoms with E-state index in [4.69, 9.17) is 0 Å². The lowest BCUT2D eigenvalue weighted by Crippen LogP contribution is -2.54. The van der Waals surface area contributed by atoms with E-state index in [1.165, 1.54) is 24.4 Å². The molecule has 0 spiro atoms. The van der Waals surface area contributed by atoms with Gasteiger partial charge in [-0.3, -0.25) is 14.8 Å². The van der Waals surface area contributed by atoms with Crippen LogP contribution >= 0.6 is 0 Å². The second-order valence-electron chi connectivity index (χ2n) is 7.53. The molecule has 1 heterocycles. The van der Waals surface area contributed by atoms with Gasteiger partial charge >= 0.3 is 6.18 Å². The average Bonchev–Trinajstić information content (AvgIpc) is 3.51. The molecule has 1 aliphatic carbocycles. The van der Waals surface area contributed by atoms with E-state index in [0.29, 0.717) is 12.8 Å². The Bertz CT molecular complexity index is 1130. The van der Waals surface area contributed by atoms with Crippen molar-refractivity contribution >= 4 is 21.7 Å². The largest absolute Gasteiger partial charge is 0.407 e. The normalized spacial score (nSPS) is 16.8. The fourth-order valence-electron chi connectivity index (χ4n) is 2.99. The molecule has 176 valence electrons. The van der Waals surface area contributed by atoms with Crippen molar-refractivity contribution in [2.45, 2.75) is 36.6 Å². The zero-order valence-corrected chi connectivity index (χ0v) is 17.8. The highest BCUT2D eigenvalue weighted by molar-refractivity contribution is 7.92. The van der Waals surface area contributed by atoms with Gasteiger partial charge in [0, 0.05) is 6.20 Å². The lowest BCUT2D eigenvalue weighted by molar-refractivity contribution is -0.160. The van der Waals surface area contributed by atoms with Crippen molar-refractivity contribution in [1.82, 2.24) is 15.6 Å². The number of hydrogen-bond donors (Lipinski definition) is 3. The van der Waals surface area contributed by atoms with Crippen LogP contribution in [-0.4, -0.2) is 42.8 Å². The number of amides is 1. The summed E-state index contributed by atoms with van der Waals surface area (Å²) in [5, 5.41) is 13.6. The summed E-state index contributed by atoms with van der Waals surface area (Å²) in [6, 6.07) is 5.24. The molecule has 1 fully saturated rings. The summed E-state index contributed by atoms with van der Waals surface area (Å²) < 4.78 is 82.0. The van der Waals surface area contributed by atoms with Gasteiger partial charge in [0.15, 0.2) is 0 Å². The fraction of sp³-hybridized carbons (Fsp3) is 0.350. The van der Waals surface area contributed by atoms with E-state index < -0.39 is 56.9 Å². The van der Waals surface area contributed by atoms with Crippen LogP contribution in [0.4, 0.5) is 23.4 Å². The topological polar surface area (TPSA) is 124 Å². The maximum atomic E-state index is 13.8. The second kappa shape index (κ2) is 9.32. The van der Waals surface area contributed by atoms with Gasteiger partial charge in [0.2, 0.25) is 15.9 Å². The smallest absolute Gasteiger partial charge is 0.336 e. The average molecular weight is 485 g/mol. The summed E-state index contributed by atoms with van der Waals surface area (Å²) in [6.45, 7) is 0. The summed E-state index contributed by atoms with van der Waals surface area (Å²) in [6.07, 6.45) is -3.05. The first kappa shape index (κ1) is 24.4. The van der Waals surface area contributed by atoms with Gasteiger partial charge in [-0.15, -0.1) is 0 Å². The monoisotopic (exact) mass is 485 g/mol. The summed E-state index contributed by atoms with van der Waals surface area (Å²) in [4.78, 5) is 16.6. The maximum absolute atomic E-state index is 13.8. The number of aromatic nitrogens is 1. The standard InChI is InChI=1S/C20H19F4N5O3S/c21-14-6-4-13(5-7-14)17(20(22,23)24)27-15(18(30)28-19(12-25)8-9-19)11-33(31,32)29-16-3-1-2-10-26-16/h1-7,10,15,17,27H,8-9,11H2,(H,26,29)(H,28,30)/t15-,17-/m0/s1. The first-order valence-electron chi connectivity index (χ1n) is 9.66. The minimum atomic E-state index is -4.94. The summed E-state index contributed by atoms with van der Waals surface area (Å²) in [5.41, 5.74) is -1.66. The van der Waals surface area contributed by atoms with E-state index in [1.54, 1.807) is 0 Å². The number of nitrogens with zero attached hydrogens (tertiary/aromatic N) is 2. The minimum absolute atomic E-state index is 0.0850. The van der Waals surface area contributed by atoms with Crippen molar-refractivity contribution in [3.63, 3.8) is 0 Å². The van der Waals surface area contributed by atoms with Crippen LogP contribution in [0.3, 0.4) is 0 Å². The van der Waals surface area contributed by atoms with Crippen LogP contribution in [0.1, 0.15) is 24.4 Å². The number of pyridine rings is 1. The number of carbonyl (C=O) groups is 1. The molecule has 8 nitrogen and oxygen atoms in total. The van der Waals surface area contributed by atoms with Crippen LogP contribution in [0.15, 0.2) is 48.7 Å². The van der Waals surface area contributed by atoms with E-state index in [0.717, 1.165) is 24.3 Å². The van der Waals surface area contributed by atoms with Crippen LogP contribution in [0.2, 0.25) is 0 Å². The molecule has 2 atom stereocenters. The summed E-state index contributed by atoms with van der Waals surface area (Å²) in [7, 11) is -4.35. The maximum Gasteiger partial charge on any atom is 0.407 e. The first-order chi connectivity index (χ1) is 15.4. The zero-order chi connectivity index (χ0) is 24.3. The van der Waals surface area contributed by atoms with Crippen molar-refractivity contribution in [2.24, 2.45) is 0 Å². The molecule has 1 saturated carbocycles. The molecule has 1 aromatic carbocycles. The highest BCUT2D eigenvalue weighted by Gasteiger charge is 2.48. The Labute approximate surface area is 187 Å².